The predicted octanol–water partition coefficient (Wildman–Crippen LogP) is 4.50. The van der Waals surface area contributed by atoms with Crippen LogP contribution >= 0.6 is 7.37 Å². The second-order valence-electron chi connectivity index (χ2n) is 8.88. The average Bonchev–Trinajstić information content (AvgIpc) is 2.93. The summed E-state index contributed by atoms with van der Waals surface area (Å²) in [5.41, 5.74) is 1.77. The van der Waals surface area contributed by atoms with E-state index in [1.807, 2.05) is 67.6 Å². The molecule has 2 rings (SSSR count). The summed E-state index contributed by atoms with van der Waals surface area (Å²) < 4.78 is 28.2. The summed E-state index contributed by atoms with van der Waals surface area (Å²) >= 11 is 0. The molecule has 202 valence electrons. The number of rotatable bonds is 15. The van der Waals surface area contributed by atoms with Gasteiger partial charge in [0.1, 0.15) is 12.6 Å². The minimum atomic E-state index is -3.10. The van der Waals surface area contributed by atoms with Crippen LogP contribution in [0.3, 0.4) is 0 Å². The van der Waals surface area contributed by atoms with Crippen molar-refractivity contribution in [2.45, 2.75) is 45.3 Å². The molecule has 2 aromatic rings. The van der Waals surface area contributed by atoms with Crippen molar-refractivity contribution in [1.82, 2.24) is 10.6 Å². The second kappa shape index (κ2) is 15.8. The van der Waals surface area contributed by atoms with Crippen LogP contribution in [0, 0.1) is 5.92 Å². The Morgan fingerprint density at radius 3 is 2.14 bits per heavy atom. The molecule has 0 radical (unpaired) electrons. The lowest BCUT2D eigenvalue weighted by atomic mass is 10.0. The molecule has 9 nitrogen and oxygen atoms in total. The van der Waals surface area contributed by atoms with E-state index < -0.39 is 25.5 Å². The number of hydrogen-bond acceptors (Lipinski definition) is 7. The van der Waals surface area contributed by atoms with Crippen LogP contribution < -0.4 is 10.6 Å². The fraction of sp³-hybridized carbons (Fsp3) is 0.444. The lowest BCUT2D eigenvalue weighted by Crippen LogP contribution is -2.43. The van der Waals surface area contributed by atoms with Gasteiger partial charge in [-0.2, -0.15) is 0 Å². The van der Waals surface area contributed by atoms with Crippen LogP contribution in [0.5, 0.6) is 0 Å². The van der Waals surface area contributed by atoms with Crippen LogP contribution in [0.4, 0.5) is 4.79 Å². The predicted molar refractivity (Wildman–Crippen MR) is 141 cm³/mol. The van der Waals surface area contributed by atoms with Crippen LogP contribution in [0.2, 0.25) is 0 Å². The third-order valence-corrected chi connectivity index (χ3v) is 8.19. The molecule has 0 saturated carbocycles. The second-order valence-corrected chi connectivity index (χ2v) is 11.6. The van der Waals surface area contributed by atoms with Crippen molar-refractivity contribution in [2.75, 3.05) is 26.7 Å². The summed E-state index contributed by atoms with van der Waals surface area (Å²) in [6.07, 6.45) is 1.10. The van der Waals surface area contributed by atoms with Gasteiger partial charge in [0.05, 0.1) is 13.4 Å². The number of ether oxygens (including phenoxy) is 2. The third kappa shape index (κ3) is 11.6. The van der Waals surface area contributed by atoms with Crippen molar-refractivity contribution in [3.8, 4) is 0 Å². The van der Waals surface area contributed by atoms with Gasteiger partial charge in [0, 0.05) is 26.1 Å². The molecule has 2 unspecified atom stereocenters. The van der Waals surface area contributed by atoms with Crippen LogP contribution in [0.15, 0.2) is 60.7 Å². The van der Waals surface area contributed by atoms with Gasteiger partial charge in [0.15, 0.2) is 0 Å². The summed E-state index contributed by atoms with van der Waals surface area (Å²) in [4.78, 5) is 36.6. The monoisotopic (exact) mass is 532 g/mol. The van der Waals surface area contributed by atoms with Crippen LogP contribution in [-0.2, 0) is 41.2 Å². The van der Waals surface area contributed by atoms with Crippen LogP contribution in [-0.4, -0.2) is 50.7 Å². The maximum atomic E-state index is 13.0. The highest BCUT2D eigenvalue weighted by Gasteiger charge is 2.25. The standard InChI is InChI=1S/C27H37N2O7P/c1-21(14-15-25(30)29-24(26(31)34-2)18-22-10-6-4-7-11-22)16-17-37(33,35-3)20-28-27(32)36-19-23-12-8-5-9-13-23/h4-13,21,24H,14-20H2,1-3H3,(H,28,32)(H,29,30)/t21?,24-,37?/m0/s1. The molecule has 2 N–H and O–H groups in total. The summed E-state index contributed by atoms with van der Waals surface area (Å²) in [7, 11) is -0.455. The molecule has 0 aliphatic carbocycles. The van der Waals surface area contributed by atoms with Gasteiger partial charge in [-0.3, -0.25) is 9.36 Å². The quantitative estimate of drug-likeness (QED) is 0.256. The number of alkyl carbamates (subject to hydrolysis) is 1. The van der Waals surface area contributed by atoms with Gasteiger partial charge in [0.2, 0.25) is 13.3 Å². The first-order valence-corrected chi connectivity index (χ1v) is 14.2. The number of benzene rings is 2. The Balaban J connectivity index is 1.73. The van der Waals surface area contributed by atoms with E-state index in [4.69, 9.17) is 14.0 Å². The van der Waals surface area contributed by atoms with Crippen molar-refractivity contribution in [2.24, 2.45) is 5.92 Å². The van der Waals surface area contributed by atoms with Crippen molar-refractivity contribution in [3.63, 3.8) is 0 Å². The molecule has 0 aliphatic heterocycles. The van der Waals surface area contributed by atoms with Gasteiger partial charge in [-0.15, -0.1) is 0 Å². The molecule has 0 bridgehead atoms. The van der Waals surface area contributed by atoms with Crippen molar-refractivity contribution in [1.29, 1.82) is 0 Å². The Labute approximate surface area is 218 Å². The summed E-state index contributed by atoms with van der Waals surface area (Å²) in [6, 6.07) is 17.9. The topological polar surface area (TPSA) is 120 Å². The van der Waals surface area contributed by atoms with E-state index in [2.05, 4.69) is 10.6 Å². The minimum Gasteiger partial charge on any atom is -0.467 e. The largest absolute Gasteiger partial charge is 0.467 e. The molecule has 0 aromatic heterocycles. The first-order chi connectivity index (χ1) is 17.7. The van der Waals surface area contributed by atoms with Gasteiger partial charge in [-0.1, -0.05) is 67.6 Å². The highest BCUT2D eigenvalue weighted by molar-refractivity contribution is 7.58. The summed E-state index contributed by atoms with van der Waals surface area (Å²) in [6.45, 7) is 2.07. The first kappa shape index (κ1) is 30.1. The summed E-state index contributed by atoms with van der Waals surface area (Å²) in [5, 5.41) is 5.28. The fourth-order valence-corrected chi connectivity index (χ4v) is 5.26. The Morgan fingerprint density at radius 2 is 1.54 bits per heavy atom. The molecule has 10 heteroatoms. The number of hydrogen-bond donors (Lipinski definition) is 2. The third-order valence-electron chi connectivity index (χ3n) is 5.94. The summed E-state index contributed by atoms with van der Waals surface area (Å²) in [5.74, 6) is -0.679. The van der Waals surface area contributed by atoms with E-state index >= 15 is 0 Å². The molecule has 37 heavy (non-hydrogen) atoms. The van der Waals surface area contributed by atoms with Crippen molar-refractivity contribution < 1.29 is 32.9 Å². The van der Waals surface area contributed by atoms with Gasteiger partial charge < -0.3 is 24.6 Å². The zero-order chi connectivity index (χ0) is 27.1. The first-order valence-electron chi connectivity index (χ1n) is 12.2. The van der Waals surface area contributed by atoms with E-state index in [0.29, 0.717) is 19.3 Å². The molecule has 0 saturated heterocycles. The number of esters is 1. The molecular weight excluding hydrogens is 495 g/mol. The SMILES string of the molecule is COC(=O)[C@H](Cc1ccccc1)NC(=O)CCC(C)CCP(=O)(CNC(=O)OCc1ccccc1)OC. The maximum Gasteiger partial charge on any atom is 0.407 e. The zero-order valence-corrected chi connectivity index (χ0v) is 22.6. The smallest absolute Gasteiger partial charge is 0.407 e. The number of amides is 2. The lowest BCUT2D eigenvalue weighted by Gasteiger charge is -2.20. The van der Waals surface area contributed by atoms with E-state index in [1.165, 1.54) is 14.2 Å². The highest BCUT2D eigenvalue weighted by atomic mass is 31.2. The zero-order valence-electron chi connectivity index (χ0n) is 21.7. The number of carbonyl (C=O) groups is 3. The number of carbonyl (C=O) groups excluding carboxylic acids is 3. The van der Waals surface area contributed by atoms with E-state index in [9.17, 15) is 18.9 Å². The minimum absolute atomic E-state index is 0.0740. The van der Waals surface area contributed by atoms with Crippen LogP contribution in [0.1, 0.15) is 37.3 Å². The van der Waals surface area contributed by atoms with Gasteiger partial charge in [-0.05, 0) is 29.9 Å². The van der Waals surface area contributed by atoms with E-state index in [1.54, 1.807) is 0 Å². The fourth-order valence-electron chi connectivity index (χ4n) is 3.58. The van der Waals surface area contributed by atoms with Gasteiger partial charge >= 0.3 is 12.1 Å². The molecule has 2 amide bonds. The Bertz CT molecular complexity index is 1030. The number of methoxy groups -OCH3 is 1. The van der Waals surface area contributed by atoms with Crippen molar-refractivity contribution >= 4 is 25.3 Å². The Hall–Kier alpha value is -3.16. The molecule has 2 aromatic carbocycles. The molecular formula is C27H37N2O7P. The van der Waals surface area contributed by atoms with E-state index in [-0.39, 0.29) is 37.3 Å². The lowest BCUT2D eigenvalue weighted by molar-refractivity contribution is -0.145. The molecule has 0 aliphatic rings. The Kier molecular flexibility index (Phi) is 12.9. The van der Waals surface area contributed by atoms with Gasteiger partial charge in [0.25, 0.3) is 0 Å². The number of nitrogens with one attached hydrogen (secondary N) is 2. The van der Waals surface area contributed by atoms with Gasteiger partial charge in [-0.25, -0.2) is 9.59 Å². The molecule has 3 atom stereocenters. The maximum absolute atomic E-state index is 13.0. The molecule has 0 fully saturated rings. The van der Waals surface area contributed by atoms with Crippen LogP contribution in [0.25, 0.3) is 0 Å². The molecule has 0 heterocycles. The average molecular weight is 533 g/mol. The molecule has 0 spiro atoms. The normalized spacial score (nSPS) is 14.0. The van der Waals surface area contributed by atoms with Crippen molar-refractivity contribution in [3.05, 3.63) is 71.8 Å². The highest BCUT2D eigenvalue weighted by Crippen LogP contribution is 2.46. The van der Waals surface area contributed by atoms with E-state index in [0.717, 1.165) is 11.1 Å². The Morgan fingerprint density at radius 1 is 0.919 bits per heavy atom.